The van der Waals surface area contributed by atoms with Crippen molar-refractivity contribution in [3.05, 3.63) is 83.4 Å². The van der Waals surface area contributed by atoms with E-state index >= 15 is 0 Å². The molecule has 0 saturated heterocycles. The molecule has 3 heterocycles. The summed E-state index contributed by atoms with van der Waals surface area (Å²) in [5.41, 5.74) is 5.91. The van der Waals surface area contributed by atoms with Crippen LogP contribution in [0.5, 0.6) is 11.5 Å². The fourth-order valence-corrected chi connectivity index (χ4v) is 3.99. The first kappa shape index (κ1) is 16.1. The molecule has 0 aliphatic carbocycles. The maximum absolute atomic E-state index is 5.54. The van der Waals surface area contributed by atoms with Crippen LogP contribution in [0.2, 0.25) is 0 Å². The van der Waals surface area contributed by atoms with Crippen molar-refractivity contribution < 1.29 is 9.47 Å². The Hall–Kier alpha value is -3.05. The molecule has 5 nitrogen and oxygen atoms in total. The number of imidazole rings is 1. The van der Waals surface area contributed by atoms with Crippen molar-refractivity contribution in [2.45, 2.75) is 19.0 Å². The molecule has 5 rings (SSSR count). The van der Waals surface area contributed by atoms with E-state index < -0.39 is 0 Å². The van der Waals surface area contributed by atoms with Crippen LogP contribution in [0.25, 0.3) is 6.08 Å². The summed E-state index contributed by atoms with van der Waals surface area (Å²) in [7, 11) is 0. The number of ether oxygens (including phenoxy) is 2. The number of hydrogen-bond donors (Lipinski definition) is 1. The van der Waals surface area contributed by atoms with E-state index in [-0.39, 0.29) is 6.04 Å². The average Bonchev–Trinajstić information content (AvgIpc) is 3.36. The first-order valence-electron chi connectivity index (χ1n) is 9.19. The summed E-state index contributed by atoms with van der Waals surface area (Å²) in [6.07, 6.45) is 4.66. The normalized spacial score (nSPS) is 18.3. The zero-order chi connectivity index (χ0) is 18.2. The summed E-state index contributed by atoms with van der Waals surface area (Å²) in [5.74, 6) is 1.65. The van der Waals surface area contributed by atoms with Crippen LogP contribution in [0.1, 0.15) is 34.1 Å². The fraction of sp³-hybridized carbons (Fsp3) is 0.227. The molecule has 3 aromatic rings. The minimum Gasteiger partial charge on any atom is -0.454 e. The lowest BCUT2D eigenvalue weighted by molar-refractivity contribution is 0.173. The van der Waals surface area contributed by atoms with Crippen LogP contribution in [0, 0.1) is 0 Å². The molecule has 0 amide bonds. The second-order valence-corrected chi connectivity index (χ2v) is 6.95. The fourth-order valence-electron chi connectivity index (χ4n) is 3.99. The van der Waals surface area contributed by atoms with Gasteiger partial charge in [0.25, 0.3) is 0 Å². The number of nitrogens with zero attached hydrogens (tertiary/aromatic N) is 2. The summed E-state index contributed by atoms with van der Waals surface area (Å²) in [4.78, 5) is 10.4. The Balaban J connectivity index is 1.51. The Morgan fingerprint density at radius 3 is 3.04 bits per heavy atom. The molecule has 2 aliphatic heterocycles. The number of H-pyrrole nitrogens is 1. The van der Waals surface area contributed by atoms with E-state index in [2.05, 4.69) is 57.8 Å². The average molecular weight is 359 g/mol. The summed E-state index contributed by atoms with van der Waals surface area (Å²) >= 11 is 0. The largest absolute Gasteiger partial charge is 0.454 e. The molecule has 0 spiro atoms. The quantitative estimate of drug-likeness (QED) is 0.767. The number of fused-ring (bicyclic) bond motifs is 2. The monoisotopic (exact) mass is 359 g/mol. The van der Waals surface area contributed by atoms with Gasteiger partial charge >= 0.3 is 0 Å². The smallest absolute Gasteiger partial charge is 0.231 e. The zero-order valence-electron chi connectivity index (χ0n) is 15.0. The van der Waals surface area contributed by atoms with Crippen molar-refractivity contribution >= 4 is 6.08 Å². The van der Waals surface area contributed by atoms with E-state index in [0.29, 0.717) is 6.79 Å². The number of hydrogen-bond acceptors (Lipinski definition) is 4. The molecule has 2 aromatic carbocycles. The van der Waals surface area contributed by atoms with Gasteiger partial charge in [-0.2, -0.15) is 0 Å². The molecule has 27 heavy (non-hydrogen) atoms. The number of benzene rings is 2. The highest BCUT2D eigenvalue weighted by Gasteiger charge is 2.31. The molecular formula is C22H21N3O2. The molecule has 1 N–H and O–H groups in total. The van der Waals surface area contributed by atoms with Gasteiger partial charge in [-0.1, -0.05) is 36.9 Å². The summed E-state index contributed by atoms with van der Waals surface area (Å²) < 4.78 is 11.0. The third kappa shape index (κ3) is 2.90. The van der Waals surface area contributed by atoms with E-state index in [0.717, 1.165) is 42.3 Å². The molecule has 0 saturated carbocycles. The lowest BCUT2D eigenvalue weighted by atomic mass is 9.94. The molecule has 0 fully saturated rings. The maximum atomic E-state index is 5.54. The zero-order valence-corrected chi connectivity index (χ0v) is 15.0. The third-order valence-corrected chi connectivity index (χ3v) is 5.31. The number of aromatic nitrogens is 2. The Morgan fingerprint density at radius 2 is 2.11 bits per heavy atom. The number of nitrogens with one attached hydrogen (secondary N) is 1. The molecule has 5 heteroatoms. The van der Waals surface area contributed by atoms with Crippen molar-refractivity contribution in [3.63, 3.8) is 0 Å². The molecule has 2 aliphatic rings. The predicted octanol–water partition coefficient (Wildman–Crippen LogP) is 3.93. The first-order valence-corrected chi connectivity index (χ1v) is 9.19. The Labute approximate surface area is 158 Å². The minimum absolute atomic E-state index is 0.116. The van der Waals surface area contributed by atoms with Gasteiger partial charge in [-0.15, -0.1) is 0 Å². The minimum atomic E-state index is 0.116. The van der Waals surface area contributed by atoms with E-state index in [1.807, 2.05) is 12.1 Å². The summed E-state index contributed by atoms with van der Waals surface area (Å²) in [5, 5.41) is 0. The van der Waals surface area contributed by atoms with E-state index in [1.165, 1.54) is 16.8 Å². The number of rotatable bonds is 4. The van der Waals surface area contributed by atoms with Crippen LogP contribution in [0.15, 0.2) is 55.4 Å². The van der Waals surface area contributed by atoms with Gasteiger partial charge in [0.1, 0.15) is 0 Å². The highest BCUT2D eigenvalue weighted by atomic mass is 16.7. The topological polar surface area (TPSA) is 50.4 Å². The predicted molar refractivity (Wildman–Crippen MR) is 104 cm³/mol. The van der Waals surface area contributed by atoms with Crippen molar-refractivity contribution in [2.24, 2.45) is 0 Å². The van der Waals surface area contributed by atoms with Crippen LogP contribution >= 0.6 is 0 Å². The van der Waals surface area contributed by atoms with Crippen LogP contribution in [0.4, 0.5) is 0 Å². The van der Waals surface area contributed by atoms with Crippen molar-refractivity contribution in [3.8, 4) is 11.5 Å². The summed E-state index contributed by atoms with van der Waals surface area (Å²) in [6.45, 7) is 6.00. The second-order valence-electron chi connectivity index (χ2n) is 6.95. The van der Waals surface area contributed by atoms with Gasteiger partial charge in [-0.25, -0.2) is 4.98 Å². The van der Waals surface area contributed by atoms with E-state index in [1.54, 1.807) is 6.33 Å². The maximum Gasteiger partial charge on any atom is 0.231 e. The van der Waals surface area contributed by atoms with E-state index in [9.17, 15) is 0 Å². The highest BCUT2D eigenvalue weighted by Crippen LogP contribution is 2.37. The molecule has 1 atom stereocenters. The van der Waals surface area contributed by atoms with Crippen molar-refractivity contribution in [1.29, 1.82) is 0 Å². The third-order valence-electron chi connectivity index (χ3n) is 5.31. The standard InChI is InChI=1S/C22H21N3O2/c1-2-15-4-3-5-17(10-15)22-21-18(23-13-24-21)8-9-25(22)12-16-6-7-19-20(11-16)27-14-26-19/h2-7,10-11,13,22H,1,8-9,12,14H2,(H,23,24)/t22-/m1/s1. The van der Waals surface area contributed by atoms with Gasteiger partial charge in [0, 0.05) is 25.2 Å². The Kier molecular flexibility index (Phi) is 3.94. The molecule has 0 bridgehead atoms. The van der Waals surface area contributed by atoms with Crippen molar-refractivity contribution in [1.82, 2.24) is 14.9 Å². The second kappa shape index (κ2) is 6.59. The van der Waals surface area contributed by atoms with Gasteiger partial charge in [0.05, 0.1) is 18.1 Å². The van der Waals surface area contributed by atoms with Gasteiger partial charge < -0.3 is 14.5 Å². The van der Waals surface area contributed by atoms with E-state index in [4.69, 9.17) is 9.47 Å². The molecular weight excluding hydrogens is 338 g/mol. The van der Waals surface area contributed by atoms with Crippen LogP contribution in [-0.4, -0.2) is 28.2 Å². The molecule has 1 aromatic heterocycles. The molecule has 0 radical (unpaired) electrons. The van der Waals surface area contributed by atoms with Crippen LogP contribution in [-0.2, 0) is 13.0 Å². The van der Waals surface area contributed by atoms with Crippen LogP contribution < -0.4 is 9.47 Å². The SMILES string of the molecule is C=Cc1cccc([C@@H]2c3nc[nH]c3CCN2Cc2ccc3c(c2)OCO3)c1. The summed E-state index contributed by atoms with van der Waals surface area (Å²) in [6, 6.07) is 14.9. The first-order chi connectivity index (χ1) is 13.3. The van der Waals surface area contributed by atoms with Gasteiger partial charge in [-0.3, -0.25) is 4.90 Å². The lowest BCUT2D eigenvalue weighted by Gasteiger charge is -2.35. The van der Waals surface area contributed by atoms with Gasteiger partial charge in [-0.05, 0) is 34.9 Å². The Morgan fingerprint density at radius 1 is 1.19 bits per heavy atom. The highest BCUT2D eigenvalue weighted by molar-refractivity contribution is 5.50. The lowest BCUT2D eigenvalue weighted by Crippen LogP contribution is -2.35. The van der Waals surface area contributed by atoms with Gasteiger partial charge in [0.2, 0.25) is 6.79 Å². The van der Waals surface area contributed by atoms with Crippen molar-refractivity contribution in [2.75, 3.05) is 13.3 Å². The van der Waals surface area contributed by atoms with Gasteiger partial charge in [0.15, 0.2) is 11.5 Å². The van der Waals surface area contributed by atoms with Crippen LogP contribution in [0.3, 0.4) is 0 Å². The molecule has 136 valence electrons. The molecule has 0 unspecified atom stereocenters. The number of aromatic amines is 1. The Bertz CT molecular complexity index is 995.